The van der Waals surface area contributed by atoms with E-state index in [1.807, 2.05) is 42.5 Å². The quantitative estimate of drug-likeness (QED) is 0.574. The molecule has 0 unspecified atom stereocenters. The second-order valence-electron chi connectivity index (χ2n) is 5.71. The number of aromatic amines is 2. The van der Waals surface area contributed by atoms with Crippen LogP contribution in [0.1, 0.15) is 0 Å². The molecule has 132 valence electrons. The van der Waals surface area contributed by atoms with Gasteiger partial charge in [-0.1, -0.05) is 0 Å². The molecule has 0 saturated carbocycles. The highest BCUT2D eigenvalue weighted by molar-refractivity contribution is 5.80. The van der Waals surface area contributed by atoms with Crippen LogP contribution in [0, 0.1) is 0 Å². The molecule has 2 aromatic heterocycles. The first-order valence-corrected chi connectivity index (χ1v) is 8.03. The lowest BCUT2D eigenvalue weighted by Crippen LogP contribution is -1.90. The molecule has 0 saturated heterocycles. The van der Waals surface area contributed by atoms with Crippen molar-refractivity contribution in [2.45, 2.75) is 0 Å². The summed E-state index contributed by atoms with van der Waals surface area (Å²) in [6, 6.07) is 13.3. The van der Waals surface area contributed by atoms with Gasteiger partial charge >= 0.3 is 0 Å². The molecule has 0 atom stereocenters. The summed E-state index contributed by atoms with van der Waals surface area (Å²) in [5.41, 5.74) is 4.27. The van der Waals surface area contributed by atoms with E-state index in [4.69, 9.17) is 14.2 Å². The highest BCUT2D eigenvalue weighted by atomic mass is 16.5. The van der Waals surface area contributed by atoms with Crippen molar-refractivity contribution >= 4 is 11.0 Å². The van der Waals surface area contributed by atoms with Gasteiger partial charge in [0.2, 0.25) is 0 Å². The summed E-state index contributed by atoms with van der Waals surface area (Å²) in [6.45, 7) is 0. The van der Waals surface area contributed by atoms with E-state index in [0.29, 0.717) is 17.3 Å². The van der Waals surface area contributed by atoms with Gasteiger partial charge in [-0.05, 0) is 36.4 Å². The van der Waals surface area contributed by atoms with Crippen LogP contribution in [-0.2, 0) is 0 Å². The number of rotatable bonds is 5. The summed E-state index contributed by atoms with van der Waals surface area (Å²) in [7, 11) is 4.86. The Kier molecular flexibility index (Phi) is 3.96. The highest BCUT2D eigenvalue weighted by Gasteiger charge is 2.12. The van der Waals surface area contributed by atoms with Crippen molar-refractivity contribution in [1.29, 1.82) is 0 Å². The number of H-pyrrole nitrogens is 2. The van der Waals surface area contributed by atoms with E-state index in [-0.39, 0.29) is 0 Å². The Labute approximate surface area is 149 Å². The molecule has 2 aromatic carbocycles. The van der Waals surface area contributed by atoms with Crippen LogP contribution in [0.4, 0.5) is 0 Å². The lowest BCUT2D eigenvalue weighted by molar-refractivity contribution is 0.355. The zero-order valence-electron chi connectivity index (χ0n) is 14.7. The van der Waals surface area contributed by atoms with Gasteiger partial charge in [0.25, 0.3) is 0 Å². The monoisotopic (exact) mass is 350 g/mol. The molecule has 0 amide bonds. The number of aromatic nitrogens is 4. The van der Waals surface area contributed by atoms with E-state index in [0.717, 1.165) is 33.7 Å². The number of imidazole rings is 1. The molecule has 2 N–H and O–H groups in total. The minimum atomic E-state index is 0.658. The van der Waals surface area contributed by atoms with E-state index in [2.05, 4.69) is 20.2 Å². The first kappa shape index (κ1) is 16.0. The predicted molar refractivity (Wildman–Crippen MR) is 98.8 cm³/mol. The normalized spacial score (nSPS) is 10.9. The zero-order valence-corrected chi connectivity index (χ0v) is 14.7. The minimum absolute atomic E-state index is 0.658. The van der Waals surface area contributed by atoms with Crippen LogP contribution < -0.4 is 14.2 Å². The number of fused-ring (bicyclic) bond motifs is 1. The Morgan fingerprint density at radius 1 is 0.846 bits per heavy atom. The van der Waals surface area contributed by atoms with Gasteiger partial charge in [-0.2, -0.15) is 5.10 Å². The fraction of sp³-hybridized carbons (Fsp3) is 0.158. The fourth-order valence-corrected chi connectivity index (χ4v) is 2.83. The minimum Gasteiger partial charge on any atom is -0.497 e. The summed E-state index contributed by atoms with van der Waals surface area (Å²) < 4.78 is 15.9. The number of ether oxygens (including phenoxy) is 3. The van der Waals surface area contributed by atoms with E-state index < -0.39 is 0 Å². The number of hydrogen-bond acceptors (Lipinski definition) is 5. The van der Waals surface area contributed by atoms with Gasteiger partial charge in [-0.3, -0.25) is 5.10 Å². The van der Waals surface area contributed by atoms with Gasteiger partial charge in [-0.15, -0.1) is 0 Å². The molecule has 0 aliphatic carbocycles. The SMILES string of the molecule is COc1ccc2nc(-c3cc(-c4ccc(OC)c(OC)c4)n[nH]3)[nH]c2c1. The number of nitrogens with one attached hydrogen (secondary N) is 2. The summed E-state index contributed by atoms with van der Waals surface area (Å²) in [5, 5.41) is 7.42. The molecule has 7 nitrogen and oxygen atoms in total. The van der Waals surface area contributed by atoms with Gasteiger partial charge in [0.05, 0.1) is 38.1 Å². The third-order valence-electron chi connectivity index (χ3n) is 4.20. The first-order chi connectivity index (χ1) is 12.7. The average molecular weight is 350 g/mol. The van der Waals surface area contributed by atoms with Crippen molar-refractivity contribution in [3.05, 3.63) is 42.5 Å². The maximum absolute atomic E-state index is 5.36. The number of methoxy groups -OCH3 is 3. The Balaban J connectivity index is 1.70. The van der Waals surface area contributed by atoms with Crippen molar-refractivity contribution in [2.75, 3.05) is 21.3 Å². The van der Waals surface area contributed by atoms with Gasteiger partial charge in [0.15, 0.2) is 17.3 Å². The third kappa shape index (κ3) is 2.73. The number of hydrogen-bond donors (Lipinski definition) is 2. The molecule has 0 radical (unpaired) electrons. The fourth-order valence-electron chi connectivity index (χ4n) is 2.83. The van der Waals surface area contributed by atoms with Crippen molar-refractivity contribution < 1.29 is 14.2 Å². The molecule has 0 fully saturated rings. The molecule has 4 rings (SSSR count). The third-order valence-corrected chi connectivity index (χ3v) is 4.20. The van der Waals surface area contributed by atoms with Crippen LogP contribution >= 0.6 is 0 Å². The zero-order chi connectivity index (χ0) is 18.1. The number of nitrogens with zero attached hydrogens (tertiary/aromatic N) is 2. The molecule has 0 aliphatic rings. The Bertz CT molecular complexity index is 1070. The second-order valence-corrected chi connectivity index (χ2v) is 5.71. The van der Waals surface area contributed by atoms with Gasteiger partial charge in [0.1, 0.15) is 11.4 Å². The maximum atomic E-state index is 5.36. The van der Waals surface area contributed by atoms with Crippen molar-refractivity contribution in [3.8, 4) is 40.0 Å². The van der Waals surface area contributed by atoms with Crippen LogP contribution in [0.25, 0.3) is 33.8 Å². The first-order valence-electron chi connectivity index (χ1n) is 8.03. The summed E-state index contributed by atoms with van der Waals surface area (Å²) in [4.78, 5) is 7.88. The Hall–Kier alpha value is -3.48. The predicted octanol–water partition coefficient (Wildman–Crippen LogP) is 3.65. The van der Waals surface area contributed by atoms with Gasteiger partial charge in [-0.25, -0.2) is 4.98 Å². The van der Waals surface area contributed by atoms with E-state index in [9.17, 15) is 0 Å². The van der Waals surface area contributed by atoms with E-state index in [1.54, 1.807) is 21.3 Å². The largest absolute Gasteiger partial charge is 0.497 e. The standard InChI is InChI=1S/C19H18N4O3/c1-24-12-5-6-13-15(9-12)21-19(20-13)16-10-14(22-23-16)11-4-7-17(25-2)18(8-11)26-3/h4-10H,1-3H3,(H,20,21)(H,22,23). The molecule has 0 aliphatic heterocycles. The lowest BCUT2D eigenvalue weighted by Gasteiger charge is -2.08. The van der Waals surface area contributed by atoms with Crippen molar-refractivity contribution in [2.24, 2.45) is 0 Å². The molecule has 7 heteroatoms. The average Bonchev–Trinajstić information content (AvgIpc) is 3.33. The summed E-state index contributed by atoms with van der Waals surface area (Å²) in [5.74, 6) is 2.83. The molecule has 26 heavy (non-hydrogen) atoms. The van der Waals surface area contributed by atoms with Crippen molar-refractivity contribution in [1.82, 2.24) is 20.2 Å². The van der Waals surface area contributed by atoms with Crippen LogP contribution in [0.2, 0.25) is 0 Å². The topological polar surface area (TPSA) is 85.0 Å². The highest BCUT2D eigenvalue weighted by Crippen LogP contribution is 2.32. The van der Waals surface area contributed by atoms with Crippen molar-refractivity contribution in [3.63, 3.8) is 0 Å². The Morgan fingerprint density at radius 2 is 1.69 bits per heavy atom. The van der Waals surface area contributed by atoms with Crippen LogP contribution in [-0.4, -0.2) is 41.5 Å². The molecule has 2 heterocycles. The molecule has 0 spiro atoms. The molecule has 4 aromatic rings. The summed E-state index contributed by atoms with van der Waals surface area (Å²) in [6.07, 6.45) is 0. The van der Waals surface area contributed by atoms with Gasteiger partial charge in [0, 0.05) is 11.6 Å². The maximum Gasteiger partial charge on any atom is 0.161 e. The molecular formula is C19H18N4O3. The molecule has 0 bridgehead atoms. The lowest BCUT2D eigenvalue weighted by atomic mass is 10.1. The second kappa shape index (κ2) is 6.44. The van der Waals surface area contributed by atoms with Gasteiger partial charge < -0.3 is 19.2 Å². The van der Waals surface area contributed by atoms with Crippen LogP contribution in [0.15, 0.2) is 42.5 Å². The van der Waals surface area contributed by atoms with Crippen LogP contribution in [0.5, 0.6) is 17.2 Å². The summed E-state index contributed by atoms with van der Waals surface area (Å²) >= 11 is 0. The number of benzene rings is 2. The smallest absolute Gasteiger partial charge is 0.161 e. The molecular weight excluding hydrogens is 332 g/mol. The Morgan fingerprint density at radius 3 is 2.46 bits per heavy atom. The van der Waals surface area contributed by atoms with E-state index >= 15 is 0 Å². The van der Waals surface area contributed by atoms with E-state index in [1.165, 1.54) is 0 Å². The van der Waals surface area contributed by atoms with Crippen LogP contribution in [0.3, 0.4) is 0 Å².